The minimum Gasteiger partial charge on any atom is -0.355 e. The van der Waals surface area contributed by atoms with Crippen molar-refractivity contribution in [2.75, 3.05) is 18.0 Å². The van der Waals surface area contributed by atoms with E-state index in [-0.39, 0.29) is 31.7 Å². The number of alkyl halides is 2. The van der Waals surface area contributed by atoms with Crippen LogP contribution in [-0.4, -0.2) is 29.0 Å². The van der Waals surface area contributed by atoms with Crippen molar-refractivity contribution in [3.05, 3.63) is 22.8 Å². The second-order valence-electron chi connectivity index (χ2n) is 3.77. The lowest BCUT2D eigenvalue weighted by atomic mass is 10.1. The van der Waals surface area contributed by atoms with E-state index in [9.17, 15) is 8.78 Å². The molecule has 0 aliphatic carbocycles. The third-order valence-electron chi connectivity index (χ3n) is 2.58. The molecule has 0 amide bonds. The maximum absolute atomic E-state index is 13.0. The zero-order valence-electron chi connectivity index (χ0n) is 8.92. The van der Waals surface area contributed by atoms with Crippen LogP contribution in [0.1, 0.15) is 12.8 Å². The maximum atomic E-state index is 13.0. The van der Waals surface area contributed by atoms with Gasteiger partial charge in [-0.05, 0) is 10.6 Å². The number of hydrogen-bond donors (Lipinski definition) is 0. The molecule has 1 saturated heterocycles. The topological polar surface area (TPSA) is 77.8 Å². The summed E-state index contributed by atoms with van der Waals surface area (Å²) in [5.41, 5.74) is 8.27. The predicted octanol–water partition coefficient (Wildman–Crippen LogP) is 2.65. The van der Waals surface area contributed by atoms with Crippen molar-refractivity contribution in [3.8, 4) is 0 Å². The van der Waals surface area contributed by atoms with E-state index in [1.807, 2.05) is 0 Å². The average Bonchev–Trinajstić information content (AvgIpc) is 2.30. The Labute approximate surface area is 95.9 Å². The standard InChI is InChI=1S/C9H10F2N6/c10-9(11)1-3-17(4-2-9)8-6-13-5-7(14-8)15-16-12/h5-6H,1-4H2. The van der Waals surface area contributed by atoms with Crippen LogP contribution < -0.4 is 4.90 Å². The molecule has 0 N–H and O–H groups in total. The van der Waals surface area contributed by atoms with Crippen molar-refractivity contribution >= 4 is 11.6 Å². The number of rotatable bonds is 2. The third-order valence-corrected chi connectivity index (χ3v) is 2.58. The highest BCUT2D eigenvalue weighted by Crippen LogP contribution is 2.29. The van der Waals surface area contributed by atoms with Gasteiger partial charge in [-0.15, -0.1) is 0 Å². The largest absolute Gasteiger partial charge is 0.355 e. The Morgan fingerprint density at radius 2 is 2.06 bits per heavy atom. The summed E-state index contributed by atoms with van der Waals surface area (Å²) >= 11 is 0. The summed E-state index contributed by atoms with van der Waals surface area (Å²) in [7, 11) is 0. The van der Waals surface area contributed by atoms with Crippen molar-refractivity contribution in [2.24, 2.45) is 5.11 Å². The minimum atomic E-state index is -2.59. The maximum Gasteiger partial charge on any atom is 0.251 e. The molecule has 1 aromatic rings. The molecule has 6 nitrogen and oxygen atoms in total. The molecule has 0 bridgehead atoms. The Hall–Kier alpha value is -1.95. The Morgan fingerprint density at radius 1 is 1.35 bits per heavy atom. The van der Waals surface area contributed by atoms with Gasteiger partial charge in [-0.2, -0.15) is 0 Å². The van der Waals surface area contributed by atoms with Crippen LogP contribution in [0.3, 0.4) is 0 Å². The van der Waals surface area contributed by atoms with E-state index in [1.54, 1.807) is 4.90 Å². The molecule has 0 radical (unpaired) electrons. The molecular formula is C9H10F2N6. The van der Waals surface area contributed by atoms with E-state index in [4.69, 9.17) is 5.53 Å². The van der Waals surface area contributed by atoms with Crippen molar-refractivity contribution in [1.29, 1.82) is 0 Å². The van der Waals surface area contributed by atoms with Crippen LogP contribution in [0.15, 0.2) is 17.5 Å². The first kappa shape index (κ1) is 11.5. The number of aromatic nitrogens is 2. The Bertz CT molecular complexity index is 447. The molecule has 0 saturated carbocycles. The zero-order chi connectivity index (χ0) is 12.3. The number of nitrogens with zero attached hydrogens (tertiary/aromatic N) is 6. The molecule has 8 heteroatoms. The highest BCUT2D eigenvalue weighted by Gasteiger charge is 2.34. The SMILES string of the molecule is [N-]=[N+]=Nc1cncc(N2CCC(F)(F)CC2)n1. The normalized spacial score (nSPS) is 18.6. The number of halogens is 2. The molecule has 1 aromatic heterocycles. The number of hydrogen-bond acceptors (Lipinski definition) is 4. The molecule has 17 heavy (non-hydrogen) atoms. The highest BCUT2D eigenvalue weighted by atomic mass is 19.3. The molecular weight excluding hydrogens is 230 g/mol. The lowest BCUT2D eigenvalue weighted by Gasteiger charge is -2.32. The molecule has 1 fully saturated rings. The summed E-state index contributed by atoms with van der Waals surface area (Å²) < 4.78 is 25.9. The zero-order valence-corrected chi connectivity index (χ0v) is 8.92. The van der Waals surface area contributed by atoms with Gasteiger partial charge < -0.3 is 4.90 Å². The fourth-order valence-electron chi connectivity index (χ4n) is 1.66. The van der Waals surface area contributed by atoms with E-state index < -0.39 is 5.92 Å². The fraction of sp³-hybridized carbons (Fsp3) is 0.556. The van der Waals surface area contributed by atoms with Gasteiger partial charge in [0, 0.05) is 30.8 Å². The van der Waals surface area contributed by atoms with Crippen LogP contribution in [-0.2, 0) is 0 Å². The van der Waals surface area contributed by atoms with Gasteiger partial charge in [0.1, 0.15) is 11.6 Å². The van der Waals surface area contributed by atoms with Crippen LogP contribution in [0.2, 0.25) is 0 Å². The van der Waals surface area contributed by atoms with E-state index >= 15 is 0 Å². The molecule has 0 spiro atoms. The lowest BCUT2D eigenvalue weighted by Crippen LogP contribution is -2.39. The smallest absolute Gasteiger partial charge is 0.251 e. The Kier molecular flexibility index (Phi) is 3.06. The Morgan fingerprint density at radius 3 is 2.71 bits per heavy atom. The van der Waals surface area contributed by atoms with Crippen LogP contribution in [0, 0.1) is 0 Å². The van der Waals surface area contributed by atoms with Crippen LogP contribution in [0.25, 0.3) is 10.4 Å². The highest BCUT2D eigenvalue weighted by molar-refractivity contribution is 5.41. The van der Waals surface area contributed by atoms with Crippen molar-refractivity contribution < 1.29 is 8.78 Å². The predicted molar refractivity (Wildman–Crippen MR) is 57.2 cm³/mol. The van der Waals surface area contributed by atoms with E-state index in [0.29, 0.717) is 5.82 Å². The molecule has 1 aliphatic heterocycles. The van der Waals surface area contributed by atoms with Gasteiger partial charge in [0.05, 0.1) is 12.4 Å². The van der Waals surface area contributed by atoms with Gasteiger partial charge in [-0.1, -0.05) is 0 Å². The summed E-state index contributed by atoms with van der Waals surface area (Å²) in [6, 6.07) is 0. The molecule has 2 heterocycles. The molecule has 0 atom stereocenters. The van der Waals surface area contributed by atoms with Gasteiger partial charge >= 0.3 is 0 Å². The lowest BCUT2D eigenvalue weighted by molar-refractivity contribution is -0.0221. The quantitative estimate of drug-likeness (QED) is 0.453. The first-order valence-corrected chi connectivity index (χ1v) is 5.11. The summed E-state index contributed by atoms with van der Waals surface area (Å²) in [5.74, 6) is -1.99. The van der Waals surface area contributed by atoms with Gasteiger partial charge in [-0.25, -0.2) is 13.8 Å². The first-order valence-electron chi connectivity index (χ1n) is 5.11. The molecule has 1 aliphatic rings. The third kappa shape index (κ3) is 2.79. The molecule has 0 aromatic carbocycles. The van der Waals surface area contributed by atoms with Crippen molar-refractivity contribution in [2.45, 2.75) is 18.8 Å². The fourth-order valence-corrected chi connectivity index (χ4v) is 1.66. The van der Waals surface area contributed by atoms with E-state index in [0.717, 1.165) is 0 Å². The number of anilines is 1. The minimum absolute atomic E-state index is 0.141. The van der Waals surface area contributed by atoms with E-state index in [1.165, 1.54) is 12.4 Å². The van der Waals surface area contributed by atoms with Crippen molar-refractivity contribution in [1.82, 2.24) is 9.97 Å². The van der Waals surface area contributed by atoms with E-state index in [2.05, 4.69) is 20.0 Å². The van der Waals surface area contributed by atoms with Gasteiger partial charge in [-0.3, -0.25) is 4.98 Å². The van der Waals surface area contributed by atoms with Crippen molar-refractivity contribution in [3.63, 3.8) is 0 Å². The molecule has 0 unspecified atom stereocenters. The van der Waals surface area contributed by atoms with Gasteiger partial charge in [0.15, 0.2) is 0 Å². The molecule has 2 rings (SSSR count). The average molecular weight is 240 g/mol. The summed E-state index contributed by atoms with van der Waals surface area (Å²) in [6.45, 7) is 0.447. The van der Waals surface area contributed by atoms with Gasteiger partial charge in [0.25, 0.3) is 5.92 Å². The van der Waals surface area contributed by atoms with Crippen LogP contribution in [0.4, 0.5) is 20.4 Å². The molecule has 90 valence electrons. The second kappa shape index (κ2) is 4.50. The number of azide groups is 1. The summed E-state index contributed by atoms with van der Waals surface area (Å²) in [4.78, 5) is 12.2. The van der Waals surface area contributed by atoms with Crippen LogP contribution in [0.5, 0.6) is 0 Å². The van der Waals surface area contributed by atoms with Crippen LogP contribution >= 0.6 is 0 Å². The summed E-state index contributed by atoms with van der Waals surface area (Å²) in [6.07, 6.45) is 2.41. The second-order valence-corrected chi connectivity index (χ2v) is 3.77. The summed E-state index contributed by atoms with van der Waals surface area (Å²) in [5, 5.41) is 3.32. The first-order chi connectivity index (χ1) is 8.11. The monoisotopic (exact) mass is 240 g/mol. The van der Waals surface area contributed by atoms with Gasteiger partial charge in [0.2, 0.25) is 0 Å². The number of piperidine rings is 1. The Balaban J connectivity index is 2.13.